The molecule has 0 saturated carbocycles. The Morgan fingerprint density at radius 2 is 2.00 bits per heavy atom. The highest BCUT2D eigenvalue weighted by atomic mass is 15.3. The number of hydrogen-bond acceptors (Lipinski definition) is 3. The van der Waals surface area contributed by atoms with E-state index in [2.05, 4.69) is 42.6 Å². The molecule has 0 aliphatic carbocycles. The van der Waals surface area contributed by atoms with Gasteiger partial charge in [-0.3, -0.25) is 4.68 Å². The Morgan fingerprint density at radius 1 is 1.28 bits per heavy atom. The Hall–Kier alpha value is -0.870. The Morgan fingerprint density at radius 3 is 2.61 bits per heavy atom. The van der Waals surface area contributed by atoms with Crippen molar-refractivity contribution in [1.82, 2.24) is 20.4 Å². The summed E-state index contributed by atoms with van der Waals surface area (Å²) in [6, 6.07) is 2.18. The lowest BCUT2D eigenvalue weighted by atomic mass is 10.2. The molecule has 0 aromatic carbocycles. The quantitative estimate of drug-likeness (QED) is 0.657. The highest BCUT2D eigenvalue weighted by Crippen LogP contribution is 2.03. The third kappa shape index (κ3) is 5.65. The average molecular weight is 252 g/mol. The van der Waals surface area contributed by atoms with Gasteiger partial charge in [-0.2, -0.15) is 5.10 Å². The number of hydrogen-bond donors (Lipinski definition) is 2. The highest BCUT2D eigenvalue weighted by Gasteiger charge is 2.02. The van der Waals surface area contributed by atoms with Crippen molar-refractivity contribution >= 4 is 0 Å². The molecule has 104 valence electrons. The van der Waals surface area contributed by atoms with Gasteiger partial charge in [-0.05, 0) is 44.5 Å². The first-order valence-electron chi connectivity index (χ1n) is 7.06. The van der Waals surface area contributed by atoms with E-state index in [9.17, 15) is 0 Å². The second kappa shape index (κ2) is 8.27. The van der Waals surface area contributed by atoms with Crippen LogP contribution in [0.2, 0.25) is 0 Å². The van der Waals surface area contributed by atoms with Gasteiger partial charge in [0.1, 0.15) is 0 Å². The van der Waals surface area contributed by atoms with E-state index in [1.54, 1.807) is 0 Å². The maximum atomic E-state index is 4.44. The molecule has 0 atom stereocenters. The van der Waals surface area contributed by atoms with E-state index in [1.807, 2.05) is 11.7 Å². The lowest BCUT2D eigenvalue weighted by Gasteiger charge is -2.08. The minimum absolute atomic E-state index is 0.736. The fourth-order valence-electron chi connectivity index (χ4n) is 1.86. The third-order valence-corrected chi connectivity index (χ3v) is 2.96. The van der Waals surface area contributed by atoms with Crippen molar-refractivity contribution < 1.29 is 0 Å². The highest BCUT2D eigenvalue weighted by molar-refractivity contribution is 5.09. The van der Waals surface area contributed by atoms with Crippen molar-refractivity contribution in [2.24, 2.45) is 13.0 Å². The molecular formula is C14H28N4. The average Bonchev–Trinajstić information content (AvgIpc) is 2.68. The predicted octanol–water partition coefficient (Wildman–Crippen LogP) is 1.71. The molecule has 0 spiro atoms. The van der Waals surface area contributed by atoms with E-state index in [0.717, 1.165) is 38.5 Å². The molecule has 0 aliphatic rings. The van der Waals surface area contributed by atoms with E-state index >= 15 is 0 Å². The van der Waals surface area contributed by atoms with Crippen LogP contribution in [-0.4, -0.2) is 29.4 Å². The van der Waals surface area contributed by atoms with Crippen LogP contribution in [0.1, 0.15) is 38.6 Å². The molecule has 4 heteroatoms. The number of aromatic nitrogens is 2. The Balaban J connectivity index is 2.08. The molecular weight excluding hydrogens is 224 g/mol. The number of aryl methyl sites for hydroxylation is 2. The molecule has 1 aromatic heterocycles. The summed E-state index contributed by atoms with van der Waals surface area (Å²) >= 11 is 0. The number of nitrogens with zero attached hydrogens (tertiary/aromatic N) is 2. The minimum Gasteiger partial charge on any atom is -0.316 e. The Labute approximate surface area is 111 Å². The van der Waals surface area contributed by atoms with Gasteiger partial charge < -0.3 is 10.6 Å². The molecule has 0 saturated heterocycles. The van der Waals surface area contributed by atoms with Gasteiger partial charge in [0.2, 0.25) is 0 Å². The van der Waals surface area contributed by atoms with Gasteiger partial charge in [0.25, 0.3) is 0 Å². The first kappa shape index (κ1) is 15.2. The van der Waals surface area contributed by atoms with Crippen LogP contribution in [0.25, 0.3) is 0 Å². The van der Waals surface area contributed by atoms with Gasteiger partial charge in [-0.15, -0.1) is 0 Å². The lowest BCUT2D eigenvalue weighted by molar-refractivity contribution is 0.526. The van der Waals surface area contributed by atoms with Crippen LogP contribution < -0.4 is 10.6 Å². The van der Waals surface area contributed by atoms with Crippen LogP contribution in [-0.2, 0) is 20.0 Å². The fourth-order valence-corrected chi connectivity index (χ4v) is 1.86. The predicted molar refractivity (Wildman–Crippen MR) is 76.6 cm³/mol. The zero-order valence-corrected chi connectivity index (χ0v) is 12.3. The molecule has 0 bridgehead atoms. The van der Waals surface area contributed by atoms with Crippen LogP contribution in [0.4, 0.5) is 0 Å². The van der Waals surface area contributed by atoms with Crippen LogP contribution in [0.3, 0.4) is 0 Å². The number of rotatable bonds is 9. The molecule has 0 fully saturated rings. The topological polar surface area (TPSA) is 41.9 Å². The zero-order valence-electron chi connectivity index (χ0n) is 12.3. The Kier molecular flexibility index (Phi) is 6.98. The van der Waals surface area contributed by atoms with Gasteiger partial charge in [-0.1, -0.05) is 20.8 Å². The van der Waals surface area contributed by atoms with Crippen molar-refractivity contribution in [1.29, 1.82) is 0 Å². The maximum Gasteiger partial charge on any atom is 0.0625 e. The lowest BCUT2D eigenvalue weighted by Crippen LogP contribution is -2.25. The summed E-state index contributed by atoms with van der Waals surface area (Å²) < 4.78 is 1.98. The van der Waals surface area contributed by atoms with Gasteiger partial charge in [-0.25, -0.2) is 0 Å². The van der Waals surface area contributed by atoms with E-state index in [4.69, 9.17) is 0 Å². The molecule has 18 heavy (non-hydrogen) atoms. The summed E-state index contributed by atoms with van der Waals surface area (Å²) in [6.07, 6.45) is 2.18. The largest absolute Gasteiger partial charge is 0.316 e. The van der Waals surface area contributed by atoms with Gasteiger partial charge in [0.15, 0.2) is 0 Å². The maximum absolute atomic E-state index is 4.44. The molecule has 2 N–H and O–H groups in total. The molecule has 4 nitrogen and oxygen atoms in total. The molecule has 0 unspecified atom stereocenters. The molecule has 0 aliphatic heterocycles. The second-order valence-corrected chi connectivity index (χ2v) is 5.23. The number of nitrogens with one attached hydrogen (secondary N) is 2. The van der Waals surface area contributed by atoms with Gasteiger partial charge in [0.05, 0.1) is 11.4 Å². The van der Waals surface area contributed by atoms with Crippen molar-refractivity contribution in [2.45, 2.75) is 40.2 Å². The van der Waals surface area contributed by atoms with Gasteiger partial charge >= 0.3 is 0 Å². The Bertz CT molecular complexity index is 331. The summed E-state index contributed by atoms with van der Waals surface area (Å²) in [6.45, 7) is 10.8. The van der Waals surface area contributed by atoms with Gasteiger partial charge in [0, 0.05) is 13.6 Å². The summed E-state index contributed by atoms with van der Waals surface area (Å²) in [5.74, 6) is 0.736. The molecule has 0 amide bonds. The standard InChI is InChI=1S/C14H28N4/c1-5-13-9-14(18(4)17-13)11-16-8-6-7-15-10-12(2)3/h9,12,15-16H,5-8,10-11H2,1-4H3. The summed E-state index contributed by atoms with van der Waals surface area (Å²) in [4.78, 5) is 0. The van der Waals surface area contributed by atoms with Crippen molar-refractivity contribution in [2.75, 3.05) is 19.6 Å². The minimum atomic E-state index is 0.736. The monoisotopic (exact) mass is 252 g/mol. The van der Waals surface area contributed by atoms with Crippen molar-refractivity contribution in [3.05, 3.63) is 17.5 Å². The van der Waals surface area contributed by atoms with Crippen LogP contribution in [0.5, 0.6) is 0 Å². The normalized spacial score (nSPS) is 11.4. The van der Waals surface area contributed by atoms with Crippen LogP contribution in [0, 0.1) is 5.92 Å². The summed E-state index contributed by atoms with van der Waals surface area (Å²) in [5, 5.41) is 11.4. The smallest absolute Gasteiger partial charge is 0.0625 e. The van der Waals surface area contributed by atoms with E-state index in [0.29, 0.717) is 0 Å². The molecule has 1 heterocycles. The summed E-state index contributed by atoms with van der Waals surface area (Å²) in [7, 11) is 2.01. The molecule has 0 radical (unpaired) electrons. The van der Waals surface area contributed by atoms with Crippen molar-refractivity contribution in [3.63, 3.8) is 0 Å². The van der Waals surface area contributed by atoms with Crippen LogP contribution in [0.15, 0.2) is 6.07 Å². The van der Waals surface area contributed by atoms with E-state index < -0.39 is 0 Å². The molecule has 1 rings (SSSR count). The van der Waals surface area contributed by atoms with Crippen LogP contribution >= 0.6 is 0 Å². The fraction of sp³-hybridized carbons (Fsp3) is 0.786. The van der Waals surface area contributed by atoms with E-state index in [1.165, 1.54) is 17.8 Å². The van der Waals surface area contributed by atoms with E-state index in [-0.39, 0.29) is 0 Å². The third-order valence-electron chi connectivity index (χ3n) is 2.96. The first-order chi connectivity index (χ1) is 8.63. The van der Waals surface area contributed by atoms with Crippen molar-refractivity contribution in [3.8, 4) is 0 Å². The zero-order chi connectivity index (χ0) is 13.4. The SMILES string of the molecule is CCc1cc(CNCCCNCC(C)C)n(C)n1. The summed E-state index contributed by atoms with van der Waals surface area (Å²) in [5.41, 5.74) is 2.44. The second-order valence-electron chi connectivity index (χ2n) is 5.23. The first-order valence-corrected chi connectivity index (χ1v) is 7.06. The molecule has 1 aromatic rings.